The van der Waals surface area contributed by atoms with Crippen LogP contribution in [0.25, 0.3) is 0 Å². The van der Waals surface area contributed by atoms with E-state index >= 15 is 0 Å². The molecule has 4 heteroatoms. The van der Waals surface area contributed by atoms with Crippen molar-refractivity contribution in [1.29, 1.82) is 0 Å². The van der Waals surface area contributed by atoms with Gasteiger partial charge in [0.25, 0.3) is 0 Å². The van der Waals surface area contributed by atoms with E-state index in [1.54, 1.807) is 0 Å². The first-order valence-corrected chi connectivity index (χ1v) is 8.49. The molecule has 2 aromatic carbocycles. The minimum Gasteiger partial charge on any atom is -0.338 e. The number of aryl methyl sites for hydroxylation is 1. The van der Waals surface area contributed by atoms with Crippen molar-refractivity contribution in [3.05, 3.63) is 83.5 Å². The van der Waals surface area contributed by atoms with E-state index in [1.165, 1.54) is 11.1 Å². The van der Waals surface area contributed by atoms with Gasteiger partial charge in [0.15, 0.2) is 5.82 Å². The molecule has 0 saturated carbocycles. The van der Waals surface area contributed by atoms with E-state index in [-0.39, 0.29) is 6.04 Å². The molecule has 0 bridgehead atoms. The molecule has 1 atom stereocenters. The third-order valence-corrected chi connectivity index (χ3v) is 3.97. The maximum absolute atomic E-state index is 5.33. The number of rotatable bonds is 8. The number of aromatic nitrogens is 2. The molecule has 1 unspecified atom stereocenters. The molecule has 0 aliphatic heterocycles. The highest BCUT2D eigenvalue weighted by atomic mass is 16.5. The van der Waals surface area contributed by atoms with Crippen LogP contribution in [-0.4, -0.2) is 10.1 Å². The Kier molecular flexibility index (Phi) is 5.75. The normalized spacial score (nSPS) is 12.2. The minimum absolute atomic E-state index is 0.204. The molecule has 0 spiro atoms. The number of nitrogens with zero attached hydrogens (tertiary/aromatic N) is 2. The zero-order chi connectivity index (χ0) is 16.6. The van der Waals surface area contributed by atoms with Gasteiger partial charge in [-0.3, -0.25) is 0 Å². The summed E-state index contributed by atoms with van der Waals surface area (Å²) >= 11 is 0. The second kappa shape index (κ2) is 8.41. The average Bonchev–Trinajstić information content (AvgIpc) is 3.08. The largest absolute Gasteiger partial charge is 0.338 e. The van der Waals surface area contributed by atoms with Crippen LogP contribution in [-0.2, 0) is 19.4 Å². The molecule has 0 aliphatic carbocycles. The summed E-state index contributed by atoms with van der Waals surface area (Å²) in [6.45, 7) is 2.68. The van der Waals surface area contributed by atoms with Crippen molar-refractivity contribution in [2.75, 3.05) is 0 Å². The van der Waals surface area contributed by atoms with Gasteiger partial charge in [0, 0.05) is 12.5 Å². The van der Waals surface area contributed by atoms with Crippen molar-refractivity contribution in [2.45, 2.75) is 38.8 Å². The second-order valence-electron chi connectivity index (χ2n) is 5.89. The molecule has 3 aromatic rings. The van der Waals surface area contributed by atoms with E-state index in [0.717, 1.165) is 25.1 Å². The fourth-order valence-electron chi connectivity index (χ4n) is 2.74. The number of nitrogens with one attached hydrogen (secondary N) is 1. The highest BCUT2D eigenvalue weighted by molar-refractivity contribution is 5.23. The second-order valence-corrected chi connectivity index (χ2v) is 5.89. The predicted octanol–water partition coefficient (Wildman–Crippen LogP) is 4.10. The molecule has 0 saturated heterocycles. The lowest BCUT2D eigenvalue weighted by molar-refractivity contribution is 0.353. The van der Waals surface area contributed by atoms with Gasteiger partial charge >= 0.3 is 0 Å². The minimum atomic E-state index is 0.204. The maximum Gasteiger partial charge on any atom is 0.240 e. The van der Waals surface area contributed by atoms with Gasteiger partial charge in [0.1, 0.15) is 0 Å². The van der Waals surface area contributed by atoms with Gasteiger partial charge in [-0.05, 0) is 24.0 Å². The van der Waals surface area contributed by atoms with Gasteiger partial charge in [0.05, 0.1) is 6.54 Å². The molecular weight excluding hydrogens is 298 g/mol. The van der Waals surface area contributed by atoms with Crippen molar-refractivity contribution >= 4 is 0 Å². The van der Waals surface area contributed by atoms with Gasteiger partial charge in [-0.2, -0.15) is 4.98 Å². The van der Waals surface area contributed by atoms with Crippen LogP contribution in [0.3, 0.4) is 0 Å². The van der Waals surface area contributed by atoms with Crippen LogP contribution in [0.2, 0.25) is 0 Å². The lowest BCUT2D eigenvalue weighted by atomic mass is 9.99. The third-order valence-electron chi connectivity index (χ3n) is 3.97. The van der Waals surface area contributed by atoms with Gasteiger partial charge in [-0.25, -0.2) is 0 Å². The summed E-state index contributed by atoms with van der Waals surface area (Å²) < 4.78 is 5.33. The number of hydrogen-bond donors (Lipinski definition) is 1. The first-order valence-electron chi connectivity index (χ1n) is 8.49. The fraction of sp³-hybridized carbons (Fsp3) is 0.300. The van der Waals surface area contributed by atoms with E-state index in [9.17, 15) is 0 Å². The molecule has 0 aliphatic rings. The predicted molar refractivity (Wildman–Crippen MR) is 94.5 cm³/mol. The molecule has 1 aromatic heterocycles. The first kappa shape index (κ1) is 16.4. The molecule has 1 heterocycles. The molecular formula is C20H23N3O. The summed E-state index contributed by atoms with van der Waals surface area (Å²) in [6, 6.07) is 21.2. The van der Waals surface area contributed by atoms with E-state index in [0.29, 0.717) is 12.4 Å². The van der Waals surface area contributed by atoms with Gasteiger partial charge in [0.2, 0.25) is 5.89 Å². The molecule has 24 heavy (non-hydrogen) atoms. The Balaban J connectivity index is 1.69. The molecule has 3 rings (SSSR count). The van der Waals surface area contributed by atoms with Crippen molar-refractivity contribution < 1.29 is 4.52 Å². The third kappa shape index (κ3) is 4.52. The Morgan fingerprint density at radius 3 is 2.42 bits per heavy atom. The van der Waals surface area contributed by atoms with Crippen molar-refractivity contribution in [3.8, 4) is 0 Å². The van der Waals surface area contributed by atoms with Crippen LogP contribution in [0.15, 0.2) is 65.2 Å². The van der Waals surface area contributed by atoms with Crippen LogP contribution in [0.5, 0.6) is 0 Å². The quantitative estimate of drug-likeness (QED) is 0.679. The Hall–Kier alpha value is -2.46. The van der Waals surface area contributed by atoms with Gasteiger partial charge < -0.3 is 9.84 Å². The zero-order valence-electron chi connectivity index (χ0n) is 14.0. The van der Waals surface area contributed by atoms with E-state index in [1.807, 2.05) is 12.1 Å². The summed E-state index contributed by atoms with van der Waals surface area (Å²) in [5, 5.41) is 7.57. The van der Waals surface area contributed by atoms with Crippen LogP contribution in [0.4, 0.5) is 0 Å². The summed E-state index contributed by atoms with van der Waals surface area (Å²) in [5.74, 6) is 1.43. The highest BCUT2D eigenvalue weighted by Crippen LogP contribution is 2.19. The van der Waals surface area contributed by atoms with Crippen molar-refractivity contribution in [1.82, 2.24) is 15.5 Å². The highest BCUT2D eigenvalue weighted by Gasteiger charge is 2.14. The standard InChI is InChI=1S/C20H23N3O/c1-2-9-19-22-20(24-23-19)15-21-18(17-12-7-4-8-13-17)14-16-10-5-3-6-11-16/h3-8,10-13,18,21H,2,9,14-15H2,1H3. The topological polar surface area (TPSA) is 51.0 Å². The summed E-state index contributed by atoms with van der Waals surface area (Å²) in [6.07, 6.45) is 2.80. The molecule has 0 radical (unpaired) electrons. The average molecular weight is 321 g/mol. The van der Waals surface area contributed by atoms with Crippen LogP contribution >= 0.6 is 0 Å². The molecule has 1 N–H and O–H groups in total. The first-order chi connectivity index (χ1) is 11.8. The molecule has 0 fully saturated rings. The monoisotopic (exact) mass is 321 g/mol. The van der Waals surface area contributed by atoms with Crippen LogP contribution in [0, 0.1) is 0 Å². The fourth-order valence-corrected chi connectivity index (χ4v) is 2.74. The van der Waals surface area contributed by atoms with Gasteiger partial charge in [-0.15, -0.1) is 0 Å². The molecule has 0 amide bonds. The van der Waals surface area contributed by atoms with Crippen molar-refractivity contribution in [3.63, 3.8) is 0 Å². The summed E-state index contributed by atoms with van der Waals surface area (Å²) in [5.41, 5.74) is 2.56. The van der Waals surface area contributed by atoms with Crippen LogP contribution < -0.4 is 5.32 Å². The Bertz CT molecular complexity index is 725. The van der Waals surface area contributed by atoms with Crippen LogP contribution in [0.1, 0.15) is 42.2 Å². The summed E-state index contributed by atoms with van der Waals surface area (Å²) in [7, 11) is 0. The van der Waals surface area contributed by atoms with E-state index in [2.05, 4.69) is 70.9 Å². The summed E-state index contributed by atoms with van der Waals surface area (Å²) in [4.78, 5) is 4.43. The Morgan fingerprint density at radius 2 is 1.71 bits per heavy atom. The van der Waals surface area contributed by atoms with E-state index in [4.69, 9.17) is 4.52 Å². The van der Waals surface area contributed by atoms with Gasteiger partial charge in [-0.1, -0.05) is 72.7 Å². The lowest BCUT2D eigenvalue weighted by Crippen LogP contribution is -2.23. The smallest absolute Gasteiger partial charge is 0.240 e. The molecule has 124 valence electrons. The number of hydrogen-bond acceptors (Lipinski definition) is 4. The Labute approximate surface area is 142 Å². The zero-order valence-corrected chi connectivity index (χ0v) is 14.0. The Morgan fingerprint density at radius 1 is 1.00 bits per heavy atom. The lowest BCUT2D eigenvalue weighted by Gasteiger charge is -2.18. The SMILES string of the molecule is CCCc1noc(CNC(Cc2ccccc2)c2ccccc2)n1. The van der Waals surface area contributed by atoms with E-state index < -0.39 is 0 Å². The maximum atomic E-state index is 5.33. The van der Waals surface area contributed by atoms with Crippen molar-refractivity contribution in [2.24, 2.45) is 0 Å². The number of benzene rings is 2. The molecule has 4 nitrogen and oxygen atoms in total.